The second-order valence-corrected chi connectivity index (χ2v) is 10.2. The fraction of sp³-hybridized carbons (Fsp3) is 0.526. The molecule has 30 heavy (non-hydrogen) atoms. The lowest BCUT2D eigenvalue weighted by Gasteiger charge is -2.27. The quantitative estimate of drug-likeness (QED) is 0.353. The van der Waals surface area contributed by atoms with Crippen LogP contribution in [0, 0.1) is 10.7 Å². The van der Waals surface area contributed by atoms with Crippen molar-refractivity contribution in [2.45, 2.75) is 13.8 Å². The van der Waals surface area contributed by atoms with Crippen molar-refractivity contribution in [1.29, 1.82) is 0 Å². The zero-order chi connectivity index (χ0) is 22.6. The summed E-state index contributed by atoms with van der Waals surface area (Å²) in [6.45, 7) is 7.17. The third-order valence-electron chi connectivity index (χ3n) is 4.98. The van der Waals surface area contributed by atoms with Crippen LogP contribution in [0.4, 0.5) is 11.4 Å². The molecule has 1 N–H and O–H groups in total. The minimum absolute atomic E-state index is 0.168. The fourth-order valence-electron chi connectivity index (χ4n) is 2.99. The first-order valence-corrected chi connectivity index (χ1v) is 12.6. The van der Waals surface area contributed by atoms with Crippen LogP contribution < -0.4 is 14.7 Å². The minimum atomic E-state index is -0.454. The predicted molar refractivity (Wildman–Crippen MR) is 139 cm³/mol. The normalized spacial score (nSPS) is 14.4. The van der Waals surface area contributed by atoms with E-state index in [0.29, 0.717) is 37.2 Å². The fourth-order valence-corrected chi connectivity index (χ4v) is 8.05. The van der Waals surface area contributed by atoms with E-state index in [1.54, 1.807) is 14.1 Å². The number of carbonyl (C=O) groups excluding carboxylic acids is 3. The number of nitrogens with one attached hydrogen (secondary N) is 1. The maximum absolute atomic E-state index is 13.1. The van der Waals surface area contributed by atoms with Crippen LogP contribution in [-0.2, 0) is 19.1 Å². The second kappa shape index (κ2) is 11.6. The van der Waals surface area contributed by atoms with E-state index in [4.69, 9.17) is 9.47 Å². The number of halogens is 3. The predicted octanol–water partition coefficient (Wildman–Crippen LogP) is 1.54. The number of nitrogens with zero attached hydrogens (tertiary/aromatic N) is 2. The van der Waals surface area contributed by atoms with Gasteiger partial charge in [-0.3, -0.25) is 9.59 Å². The van der Waals surface area contributed by atoms with Crippen molar-refractivity contribution in [3.05, 3.63) is 16.3 Å². The molecule has 2 rings (SSSR count). The van der Waals surface area contributed by atoms with Gasteiger partial charge in [0.2, 0.25) is 11.8 Å². The third kappa shape index (κ3) is 5.95. The molecule has 1 aromatic rings. The number of hydrogen-bond acceptors (Lipinski definition) is 5. The molecule has 0 bridgehead atoms. The first kappa shape index (κ1) is 26.0. The molecule has 0 atom stereocenters. The van der Waals surface area contributed by atoms with Gasteiger partial charge in [0.05, 0.1) is 40.9 Å². The average Bonchev–Trinajstić information content (AvgIpc) is 2.68. The van der Waals surface area contributed by atoms with E-state index in [0.717, 1.165) is 29.9 Å². The molecule has 2 amide bonds. The Morgan fingerprint density at radius 1 is 0.933 bits per heavy atom. The van der Waals surface area contributed by atoms with Crippen LogP contribution in [0.5, 0.6) is 0 Å². The molecule has 1 aliphatic heterocycles. The summed E-state index contributed by atoms with van der Waals surface area (Å²) >= 11 is 6.28. The smallest absolute Gasteiger partial charge is 0.340 e. The molecule has 0 radical (unpaired) electrons. The standard InChI is InChI=1S/C19H24I3N3O5/c1-11(26)23(3)17-14(20)13(15(21)18(16(17)22)24(4)12(2)27)19(28)30-10-7-25-5-8-29-9-6-25/h5-10H2,1-4H3/p+1. The zero-order valence-electron chi connectivity index (χ0n) is 17.3. The molecule has 0 aromatic heterocycles. The van der Waals surface area contributed by atoms with Crippen molar-refractivity contribution in [3.63, 3.8) is 0 Å². The Morgan fingerprint density at radius 3 is 1.83 bits per heavy atom. The molecule has 1 saturated heterocycles. The molecular weight excluding hydrogens is 731 g/mol. The van der Waals surface area contributed by atoms with Crippen molar-refractivity contribution in [2.75, 3.05) is 63.4 Å². The van der Waals surface area contributed by atoms with E-state index >= 15 is 0 Å². The summed E-state index contributed by atoms with van der Waals surface area (Å²) < 4.78 is 12.9. The third-order valence-corrected chi connectivity index (χ3v) is 8.10. The number of anilines is 2. The first-order valence-electron chi connectivity index (χ1n) is 9.35. The number of amides is 2. The molecule has 0 saturated carbocycles. The van der Waals surface area contributed by atoms with E-state index < -0.39 is 5.97 Å². The zero-order valence-corrected chi connectivity index (χ0v) is 23.8. The number of carbonyl (C=O) groups is 3. The van der Waals surface area contributed by atoms with E-state index in [-0.39, 0.29) is 11.8 Å². The van der Waals surface area contributed by atoms with Gasteiger partial charge in [-0.1, -0.05) is 0 Å². The van der Waals surface area contributed by atoms with E-state index in [2.05, 4.69) is 67.8 Å². The Labute approximate surface area is 217 Å². The van der Waals surface area contributed by atoms with Gasteiger partial charge in [-0.2, -0.15) is 0 Å². The lowest BCUT2D eigenvalue weighted by molar-refractivity contribution is -0.908. The topological polar surface area (TPSA) is 80.6 Å². The maximum atomic E-state index is 13.1. The monoisotopic (exact) mass is 756 g/mol. The average molecular weight is 756 g/mol. The molecule has 0 unspecified atom stereocenters. The SMILES string of the molecule is CC(=O)N(C)c1c(I)c(C(=O)OCC[NH+]2CCOCC2)c(I)c(N(C)C(C)=O)c1I. The molecule has 1 aliphatic rings. The summed E-state index contributed by atoms with van der Waals surface area (Å²) in [5, 5.41) is 0. The van der Waals surface area contributed by atoms with Gasteiger partial charge in [0.1, 0.15) is 26.2 Å². The Morgan fingerprint density at radius 2 is 1.40 bits per heavy atom. The van der Waals surface area contributed by atoms with Crippen molar-refractivity contribution in [2.24, 2.45) is 0 Å². The van der Waals surface area contributed by atoms with E-state index in [9.17, 15) is 14.4 Å². The van der Waals surface area contributed by atoms with Crippen molar-refractivity contribution in [1.82, 2.24) is 0 Å². The van der Waals surface area contributed by atoms with Crippen LogP contribution in [0.15, 0.2) is 0 Å². The van der Waals surface area contributed by atoms with Crippen LogP contribution >= 0.6 is 67.8 Å². The van der Waals surface area contributed by atoms with Crippen molar-refractivity contribution in [3.8, 4) is 0 Å². The number of hydrogen-bond donors (Lipinski definition) is 1. The highest BCUT2D eigenvalue weighted by molar-refractivity contribution is 14.1. The Kier molecular flexibility index (Phi) is 10.0. The number of benzene rings is 1. The molecule has 0 spiro atoms. The molecule has 1 heterocycles. The minimum Gasteiger partial charge on any atom is -0.456 e. The lowest BCUT2D eigenvalue weighted by atomic mass is 10.1. The van der Waals surface area contributed by atoms with Gasteiger partial charge < -0.3 is 24.2 Å². The van der Waals surface area contributed by atoms with Crippen LogP contribution in [0.2, 0.25) is 0 Å². The number of rotatable bonds is 6. The molecule has 166 valence electrons. The Bertz CT molecular complexity index is 796. The van der Waals surface area contributed by atoms with Crippen LogP contribution in [-0.4, -0.2) is 71.3 Å². The van der Waals surface area contributed by atoms with Gasteiger partial charge in [-0.15, -0.1) is 0 Å². The molecule has 1 aromatic carbocycles. The lowest BCUT2D eigenvalue weighted by Crippen LogP contribution is -3.14. The van der Waals surface area contributed by atoms with Gasteiger partial charge in [0, 0.05) is 27.9 Å². The summed E-state index contributed by atoms with van der Waals surface area (Å²) in [5.41, 5.74) is 1.57. The van der Waals surface area contributed by atoms with Crippen molar-refractivity contribution >= 4 is 96.9 Å². The summed E-state index contributed by atoms with van der Waals surface area (Å²) in [6, 6.07) is 0. The highest BCUT2D eigenvalue weighted by atomic mass is 127. The van der Waals surface area contributed by atoms with Gasteiger partial charge >= 0.3 is 5.97 Å². The summed E-state index contributed by atoms with van der Waals surface area (Å²) in [6.07, 6.45) is 0. The van der Waals surface area contributed by atoms with E-state index in [1.807, 2.05) is 0 Å². The number of ether oxygens (including phenoxy) is 2. The molecule has 0 aliphatic carbocycles. The summed E-state index contributed by atoms with van der Waals surface area (Å²) in [5.74, 6) is -0.790. The second-order valence-electron chi connectivity index (χ2n) is 6.92. The van der Waals surface area contributed by atoms with Crippen LogP contribution in [0.3, 0.4) is 0 Å². The number of esters is 1. The highest BCUT2D eigenvalue weighted by Crippen LogP contribution is 2.42. The Balaban J connectivity index is 2.42. The Hall–Kier alpha value is -0.260. The number of quaternary nitrogens is 1. The van der Waals surface area contributed by atoms with Gasteiger partial charge in [0.15, 0.2) is 0 Å². The maximum Gasteiger partial charge on any atom is 0.340 e. The van der Waals surface area contributed by atoms with Gasteiger partial charge in [-0.05, 0) is 67.8 Å². The van der Waals surface area contributed by atoms with Gasteiger partial charge in [0.25, 0.3) is 0 Å². The largest absolute Gasteiger partial charge is 0.456 e. The van der Waals surface area contributed by atoms with Gasteiger partial charge in [-0.25, -0.2) is 4.79 Å². The van der Waals surface area contributed by atoms with Crippen molar-refractivity contribution < 1.29 is 28.8 Å². The molecule has 11 heteroatoms. The van der Waals surface area contributed by atoms with E-state index in [1.165, 1.54) is 28.5 Å². The summed E-state index contributed by atoms with van der Waals surface area (Å²) in [4.78, 5) is 41.5. The molecule has 8 nitrogen and oxygen atoms in total. The van der Waals surface area contributed by atoms with Crippen LogP contribution in [0.25, 0.3) is 0 Å². The van der Waals surface area contributed by atoms with Crippen LogP contribution in [0.1, 0.15) is 24.2 Å². The number of morpholine rings is 1. The molecule has 1 fully saturated rings. The first-order chi connectivity index (χ1) is 14.1. The highest BCUT2D eigenvalue weighted by Gasteiger charge is 2.30. The summed E-state index contributed by atoms with van der Waals surface area (Å²) in [7, 11) is 3.31. The molecular formula is C19H25I3N3O5+.